The molecule has 0 unspecified atom stereocenters. The van der Waals surface area contributed by atoms with Crippen molar-refractivity contribution in [1.82, 2.24) is 10.6 Å². The Morgan fingerprint density at radius 3 is 2.72 bits per heavy atom. The maximum atomic E-state index is 5.45. The lowest BCUT2D eigenvalue weighted by Crippen LogP contribution is -2.41. The standard InChI is InChI=1S/C13H27N3OS/c1-4-17-9-7-13(5-6-13)11-16-12(14-2)15-8-10-18-3/h4-11H2,1-3H3,(H2,14,15,16). The number of aliphatic imine (C=N–C) groups is 1. The SMILES string of the molecule is CCOCCC1(CNC(=NC)NCCSC)CC1. The molecule has 1 aliphatic rings. The molecule has 0 radical (unpaired) electrons. The molecule has 0 aliphatic heterocycles. The van der Waals surface area contributed by atoms with Gasteiger partial charge in [-0.1, -0.05) is 0 Å². The summed E-state index contributed by atoms with van der Waals surface area (Å²) in [5.74, 6) is 2.03. The lowest BCUT2D eigenvalue weighted by atomic mass is 10.0. The van der Waals surface area contributed by atoms with Crippen LogP contribution >= 0.6 is 11.8 Å². The third kappa shape index (κ3) is 5.96. The molecule has 0 aromatic rings. The van der Waals surface area contributed by atoms with Crippen LogP contribution in [0.5, 0.6) is 0 Å². The summed E-state index contributed by atoms with van der Waals surface area (Å²) >= 11 is 1.84. The highest BCUT2D eigenvalue weighted by molar-refractivity contribution is 7.98. The Labute approximate surface area is 115 Å². The molecule has 0 spiro atoms. The van der Waals surface area contributed by atoms with Crippen molar-refractivity contribution in [3.63, 3.8) is 0 Å². The van der Waals surface area contributed by atoms with Gasteiger partial charge in [0.15, 0.2) is 5.96 Å². The first-order valence-corrected chi connectivity index (χ1v) is 8.17. The Kier molecular flexibility index (Phi) is 7.51. The number of guanidine groups is 1. The Morgan fingerprint density at radius 1 is 1.39 bits per heavy atom. The second-order valence-electron chi connectivity index (χ2n) is 4.79. The summed E-state index contributed by atoms with van der Waals surface area (Å²) in [7, 11) is 1.83. The average molecular weight is 273 g/mol. The van der Waals surface area contributed by atoms with Crippen molar-refractivity contribution in [3.05, 3.63) is 0 Å². The van der Waals surface area contributed by atoms with E-state index in [2.05, 4.69) is 28.8 Å². The second kappa shape index (κ2) is 8.64. The van der Waals surface area contributed by atoms with E-state index in [9.17, 15) is 0 Å². The van der Waals surface area contributed by atoms with Gasteiger partial charge in [-0.05, 0) is 37.9 Å². The third-order valence-corrected chi connectivity index (χ3v) is 4.00. The van der Waals surface area contributed by atoms with Crippen molar-refractivity contribution in [2.24, 2.45) is 10.4 Å². The quantitative estimate of drug-likeness (QED) is 0.381. The molecule has 4 nitrogen and oxygen atoms in total. The average Bonchev–Trinajstić information content (AvgIpc) is 3.14. The van der Waals surface area contributed by atoms with Crippen LogP contribution in [0, 0.1) is 5.41 Å². The fourth-order valence-corrected chi connectivity index (χ4v) is 2.19. The van der Waals surface area contributed by atoms with E-state index in [1.807, 2.05) is 18.8 Å². The fourth-order valence-electron chi connectivity index (χ4n) is 1.89. The predicted octanol–water partition coefficient (Wildman–Crippen LogP) is 1.72. The second-order valence-corrected chi connectivity index (χ2v) is 5.78. The fraction of sp³-hybridized carbons (Fsp3) is 0.923. The van der Waals surface area contributed by atoms with E-state index in [-0.39, 0.29) is 0 Å². The molecule has 0 saturated heterocycles. The van der Waals surface area contributed by atoms with E-state index in [0.29, 0.717) is 5.41 Å². The van der Waals surface area contributed by atoms with Crippen LogP contribution in [-0.4, -0.2) is 51.3 Å². The molecular weight excluding hydrogens is 246 g/mol. The van der Waals surface area contributed by atoms with E-state index >= 15 is 0 Å². The molecule has 5 heteroatoms. The van der Waals surface area contributed by atoms with E-state index in [1.54, 1.807) is 0 Å². The van der Waals surface area contributed by atoms with E-state index in [4.69, 9.17) is 4.74 Å². The zero-order valence-corrected chi connectivity index (χ0v) is 12.7. The molecule has 0 heterocycles. The molecule has 0 aromatic heterocycles. The van der Waals surface area contributed by atoms with Gasteiger partial charge >= 0.3 is 0 Å². The first-order valence-electron chi connectivity index (χ1n) is 6.77. The largest absolute Gasteiger partial charge is 0.382 e. The summed E-state index contributed by atoms with van der Waals surface area (Å²) in [5.41, 5.74) is 0.465. The molecule has 0 amide bonds. The zero-order valence-electron chi connectivity index (χ0n) is 11.9. The molecule has 0 atom stereocenters. The van der Waals surface area contributed by atoms with Gasteiger partial charge in [0.2, 0.25) is 0 Å². The number of nitrogens with one attached hydrogen (secondary N) is 2. The lowest BCUT2D eigenvalue weighted by Gasteiger charge is -2.18. The Balaban J connectivity index is 2.17. The minimum Gasteiger partial charge on any atom is -0.382 e. The van der Waals surface area contributed by atoms with Gasteiger partial charge in [-0.2, -0.15) is 11.8 Å². The van der Waals surface area contributed by atoms with Gasteiger partial charge in [0.25, 0.3) is 0 Å². The minimum absolute atomic E-state index is 0.465. The first-order chi connectivity index (χ1) is 8.76. The summed E-state index contributed by atoms with van der Waals surface area (Å²) in [4.78, 5) is 4.24. The Morgan fingerprint density at radius 2 is 2.17 bits per heavy atom. The Hall–Kier alpha value is -0.420. The highest BCUT2D eigenvalue weighted by atomic mass is 32.2. The molecule has 1 aliphatic carbocycles. The van der Waals surface area contributed by atoms with Crippen molar-refractivity contribution in [2.75, 3.05) is 45.4 Å². The molecule has 1 rings (SSSR count). The summed E-state index contributed by atoms with van der Waals surface area (Å²) in [6.07, 6.45) is 5.91. The zero-order chi connectivity index (χ0) is 13.3. The van der Waals surface area contributed by atoms with Crippen LogP contribution in [0.1, 0.15) is 26.2 Å². The van der Waals surface area contributed by atoms with Crippen LogP contribution in [0.25, 0.3) is 0 Å². The van der Waals surface area contributed by atoms with Gasteiger partial charge in [-0.15, -0.1) is 0 Å². The monoisotopic (exact) mass is 273 g/mol. The number of nitrogens with zero attached hydrogens (tertiary/aromatic N) is 1. The normalized spacial score (nSPS) is 17.6. The van der Waals surface area contributed by atoms with Crippen LogP contribution in [0.4, 0.5) is 0 Å². The van der Waals surface area contributed by atoms with Gasteiger partial charge < -0.3 is 15.4 Å². The van der Waals surface area contributed by atoms with Gasteiger partial charge in [0.05, 0.1) is 0 Å². The summed E-state index contributed by atoms with van der Waals surface area (Å²) in [5, 5.41) is 6.76. The maximum absolute atomic E-state index is 5.45. The number of rotatable bonds is 9. The van der Waals surface area contributed by atoms with E-state index in [0.717, 1.165) is 44.4 Å². The van der Waals surface area contributed by atoms with Crippen LogP contribution in [0.2, 0.25) is 0 Å². The summed E-state index contributed by atoms with van der Waals surface area (Å²) in [6, 6.07) is 0. The van der Waals surface area contributed by atoms with Gasteiger partial charge in [0, 0.05) is 39.1 Å². The smallest absolute Gasteiger partial charge is 0.191 e. The minimum atomic E-state index is 0.465. The number of hydrogen-bond donors (Lipinski definition) is 2. The van der Waals surface area contributed by atoms with E-state index < -0.39 is 0 Å². The molecular formula is C13H27N3OS. The van der Waals surface area contributed by atoms with Crippen molar-refractivity contribution >= 4 is 17.7 Å². The molecule has 106 valence electrons. The van der Waals surface area contributed by atoms with Crippen molar-refractivity contribution in [1.29, 1.82) is 0 Å². The third-order valence-electron chi connectivity index (χ3n) is 3.39. The molecule has 0 bridgehead atoms. The highest BCUT2D eigenvalue weighted by Crippen LogP contribution is 2.48. The van der Waals surface area contributed by atoms with Crippen molar-refractivity contribution in [3.8, 4) is 0 Å². The molecule has 1 saturated carbocycles. The maximum Gasteiger partial charge on any atom is 0.191 e. The van der Waals surface area contributed by atoms with Crippen LogP contribution in [0.3, 0.4) is 0 Å². The van der Waals surface area contributed by atoms with Gasteiger partial charge in [-0.25, -0.2) is 0 Å². The number of hydrogen-bond acceptors (Lipinski definition) is 3. The van der Waals surface area contributed by atoms with Gasteiger partial charge in [0.1, 0.15) is 0 Å². The number of thioether (sulfide) groups is 1. The van der Waals surface area contributed by atoms with Crippen molar-refractivity contribution < 1.29 is 4.74 Å². The molecule has 2 N–H and O–H groups in total. The lowest BCUT2D eigenvalue weighted by molar-refractivity contribution is 0.128. The van der Waals surface area contributed by atoms with Crippen LogP contribution in [0.15, 0.2) is 4.99 Å². The molecule has 18 heavy (non-hydrogen) atoms. The summed E-state index contributed by atoms with van der Waals surface area (Å²) in [6.45, 7) is 5.74. The first kappa shape index (κ1) is 15.6. The van der Waals surface area contributed by atoms with Crippen LogP contribution < -0.4 is 10.6 Å². The predicted molar refractivity (Wildman–Crippen MR) is 80.5 cm³/mol. The topological polar surface area (TPSA) is 45.6 Å². The number of ether oxygens (including phenoxy) is 1. The van der Waals surface area contributed by atoms with Gasteiger partial charge in [-0.3, -0.25) is 4.99 Å². The highest BCUT2D eigenvalue weighted by Gasteiger charge is 2.41. The summed E-state index contributed by atoms with van der Waals surface area (Å²) < 4.78 is 5.45. The van der Waals surface area contributed by atoms with Crippen LogP contribution in [-0.2, 0) is 4.74 Å². The van der Waals surface area contributed by atoms with E-state index in [1.165, 1.54) is 12.8 Å². The molecule has 0 aromatic carbocycles. The van der Waals surface area contributed by atoms with Crippen molar-refractivity contribution in [2.45, 2.75) is 26.2 Å². The molecule has 1 fully saturated rings. The Bertz CT molecular complexity index is 255.